The van der Waals surface area contributed by atoms with Crippen LogP contribution in [0.15, 0.2) is 46.9 Å². The van der Waals surface area contributed by atoms with Gasteiger partial charge in [0.2, 0.25) is 5.91 Å². The molecule has 1 amide bonds. The van der Waals surface area contributed by atoms with Crippen molar-refractivity contribution in [2.45, 2.75) is 13.5 Å². The van der Waals surface area contributed by atoms with Gasteiger partial charge in [-0.15, -0.1) is 0 Å². The summed E-state index contributed by atoms with van der Waals surface area (Å²) in [5, 5.41) is 6.00. The van der Waals surface area contributed by atoms with Crippen LogP contribution in [0.4, 0.5) is 5.69 Å². The zero-order valence-corrected chi connectivity index (χ0v) is 14.2. The van der Waals surface area contributed by atoms with Crippen LogP contribution in [0.1, 0.15) is 11.1 Å². The van der Waals surface area contributed by atoms with E-state index in [1.807, 2.05) is 49.4 Å². The van der Waals surface area contributed by atoms with Crippen LogP contribution < -0.4 is 15.4 Å². The van der Waals surface area contributed by atoms with E-state index in [9.17, 15) is 4.79 Å². The summed E-state index contributed by atoms with van der Waals surface area (Å²) in [5.74, 6) is 0.754. The fourth-order valence-corrected chi connectivity index (χ4v) is 2.58. The molecule has 2 aromatic carbocycles. The summed E-state index contributed by atoms with van der Waals surface area (Å²) < 4.78 is 6.05. The van der Waals surface area contributed by atoms with Gasteiger partial charge < -0.3 is 15.4 Å². The van der Waals surface area contributed by atoms with Gasteiger partial charge in [0.25, 0.3) is 0 Å². The van der Waals surface area contributed by atoms with Gasteiger partial charge in [-0.3, -0.25) is 4.79 Å². The number of rotatable bonds is 6. The molecule has 0 aliphatic carbocycles. The predicted molar refractivity (Wildman–Crippen MR) is 92.2 cm³/mol. The van der Waals surface area contributed by atoms with Gasteiger partial charge in [-0.25, -0.2) is 0 Å². The maximum Gasteiger partial charge on any atom is 0.239 e. The maximum atomic E-state index is 11.9. The topological polar surface area (TPSA) is 50.4 Å². The van der Waals surface area contributed by atoms with E-state index >= 15 is 0 Å². The van der Waals surface area contributed by atoms with E-state index in [0.717, 1.165) is 21.5 Å². The number of hydrogen-bond donors (Lipinski definition) is 2. The molecule has 4 nitrogen and oxygen atoms in total. The molecule has 2 N–H and O–H groups in total. The largest absolute Gasteiger partial charge is 0.497 e. The van der Waals surface area contributed by atoms with Gasteiger partial charge in [0, 0.05) is 16.7 Å². The van der Waals surface area contributed by atoms with Crippen molar-refractivity contribution in [2.24, 2.45) is 0 Å². The molecular formula is C17H19BrN2O2. The van der Waals surface area contributed by atoms with Gasteiger partial charge in [0.05, 0.1) is 13.7 Å². The van der Waals surface area contributed by atoms with Crippen LogP contribution in [0.5, 0.6) is 5.75 Å². The third kappa shape index (κ3) is 4.77. The number of aryl methyl sites for hydroxylation is 1. The number of anilines is 1. The Balaban J connectivity index is 1.80. The van der Waals surface area contributed by atoms with E-state index in [4.69, 9.17) is 4.74 Å². The van der Waals surface area contributed by atoms with E-state index < -0.39 is 0 Å². The summed E-state index contributed by atoms with van der Waals surface area (Å²) in [5.41, 5.74) is 3.11. The summed E-state index contributed by atoms with van der Waals surface area (Å²) in [6, 6.07) is 13.6. The normalized spacial score (nSPS) is 10.1. The van der Waals surface area contributed by atoms with Gasteiger partial charge in [0.1, 0.15) is 5.75 Å². The standard InChI is InChI=1S/C17H19BrN2O2/c1-12-3-8-16(15(18)9-12)19-11-17(21)20-10-13-4-6-14(22-2)7-5-13/h3-9,19H,10-11H2,1-2H3,(H,20,21). The Labute approximate surface area is 139 Å². The first-order chi connectivity index (χ1) is 10.6. The number of carbonyl (C=O) groups excluding carboxylic acids is 1. The summed E-state index contributed by atoms with van der Waals surface area (Å²) in [4.78, 5) is 11.9. The van der Waals surface area contributed by atoms with Crippen LogP contribution in [0.2, 0.25) is 0 Å². The third-order valence-electron chi connectivity index (χ3n) is 3.21. The Bertz CT molecular complexity index is 642. The third-order valence-corrected chi connectivity index (χ3v) is 3.87. The van der Waals surface area contributed by atoms with E-state index in [-0.39, 0.29) is 12.5 Å². The maximum absolute atomic E-state index is 11.9. The Morgan fingerprint density at radius 2 is 1.91 bits per heavy atom. The molecule has 0 spiro atoms. The average Bonchev–Trinajstić information content (AvgIpc) is 2.52. The van der Waals surface area contributed by atoms with Crippen molar-refractivity contribution in [3.63, 3.8) is 0 Å². The Morgan fingerprint density at radius 3 is 2.55 bits per heavy atom. The van der Waals surface area contributed by atoms with Crippen LogP contribution in [0.3, 0.4) is 0 Å². The highest BCUT2D eigenvalue weighted by Gasteiger charge is 2.04. The van der Waals surface area contributed by atoms with Crippen LogP contribution >= 0.6 is 15.9 Å². The number of methoxy groups -OCH3 is 1. The Morgan fingerprint density at radius 1 is 1.18 bits per heavy atom. The smallest absolute Gasteiger partial charge is 0.239 e. The minimum atomic E-state index is -0.0525. The number of nitrogens with one attached hydrogen (secondary N) is 2. The van der Waals surface area contributed by atoms with Crippen molar-refractivity contribution < 1.29 is 9.53 Å². The molecule has 0 atom stereocenters. The molecule has 116 valence electrons. The quantitative estimate of drug-likeness (QED) is 0.826. The summed E-state index contributed by atoms with van der Waals surface area (Å²) in [6.45, 7) is 2.76. The second-order valence-corrected chi connectivity index (χ2v) is 5.82. The first-order valence-electron chi connectivity index (χ1n) is 6.98. The molecule has 22 heavy (non-hydrogen) atoms. The molecule has 0 unspecified atom stereocenters. The highest BCUT2D eigenvalue weighted by atomic mass is 79.9. The SMILES string of the molecule is COc1ccc(CNC(=O)CNc2ccc(C)cc2Br)cc1. The molecular weight excluding hydrogens is 344 g/mol. The summed E-state index contributed by atoms with van der Waals surface area (Å²) in [6.07, 6.45) is 0. The predicted octanol–water partition coefficient (Wildman–Crippen LogP) is 3.49. The van der Waals surface area contributed by atoms with Crippen molar-refractivity contribution in [3.05, 3.63) is 58.1 Å². The van der Waals surface area contributed by atoms with E-state index in [1.165, 1.54) is 5.56 Å². The van der Waals surface area contributed by atoms with Crippen molar-refractivity contribution in [1.82, 2.24) is 5.32 Å². The number of amides is 1. The lowest BCUT2D eigenvalue weighted by Gasteiger charge is -2.10. The first kappa shape index (κ1) is 16.4. The molecule has 0 saturated heterocycles. The molecule has 0 fully saturated rings. The van der Waals surface area contributed by atoms with Crippen molar-refractivity contribution in [1.29, 1.82) is 0 Å². The molecule has 0 aromatic heterocycles. The lowest BCUT2D eigenvalue weighted by Crippen LogP contribution is -2.29. The van der Waals surface area contributed by atoms with Gasteiger partial charge in [-0.2, -0.15) is 0 Å². The van der Waals surface area contributed by atoms with Gasteiger partial charge in [-0.05, 0) is 58.2 Å². The number of carbonyl (C=O) groups is 1. The minimum absolute atomic E-state index is 0.0525. The molecule has 0 bridgehead atoms. The first-order valence-corrected chi connectivity index (χ1v) is 7.77. The second kappa shape index (κ2) is 7.84. The molecule has 5 heteroatoms. The van der Waals surface area contributed by atoms with Crippen molar-refractivity contribution in [2.75, 3.05) is 19.0 Å². The Hall–Kier alpha value is -2.01. The van der Waals surface area contributed by atoms with E-state index in [1.54, 1.807) is 7.11 Å². The van der Waals surface area contributed by atoms with E-state index in [2.05, 4.69) is 26.6 Å². The number of ether oxygens (including phenoxy) is 1. The zero-order chi connectivity index (χ0) is 15.9. The lowest BCUT2D eigenvalue weighted by atomic mass is 10.2. The highest BCUT2D eigenvalue weighted by Crippen LogP contribution is 2.22. The summed E-state index contributed by atoms with van der Waals surface area (Å²) >= 11 is 3.48. The van der Waals surface area contributed by atoms with Crippen LogP contribution in [0.25, 0.3) is 0 Å². The zero-order valence-electron chi connectivity index (χ0n) is 12.7. The fourth-order valence-electron chi connectivity index (χ4n) is 1.95. The molecule has 0 aliphatic rings. The number of halogens is 1. The fraction of sp³-hybridized carbons (Fsp3) is 0.235. The van der Waals surface area contributed by atoms with Gasteiger partial charge in [0.15, 0.2) is 0 Å². The average molecular weight is 363 g/mol. The Kier molecular flexibility index (Phi) is 5.83. The molecule has 0 saturated carbocycles. The molecule has 0 radical (unpaired) electrons. The van der Waals surface area contributed by atoms with Gasteiger partial charge in [-0.1, -0.05) is 18.2 Å². The van der Waals surface area contributed by atoms with Crippen LogP contribution in [-0.4, -0.2) is 19.6 Å². The molecule has 2 aromatic rings. The minimum Gasteiger partial charge on any atom is -0.497 e. The number of hydrogen-bond acceptors (Lipinski definition) is 3. The van der Waals surface area contributed by atoms with Gasteiger partial charge >= 0.3 is 0 Å². The molecule has 0 heterocycles. The lowest BCUT2D eigenvalue weighted by molar-refractivity contribution is -0.119. The van der Waals surface area contributed by atoms with Crippen molar-refractivity contribution in [3.8, 4) is 5.75 Å². The second-order valence-electron chi connectivity index (χ2n) is 4.96. The van der Waals surface area contributed by atoms with Crippen LogP contribution in [0, 0.1) is 6.92 Å². The monoisotopic (exact) mass is 362 g/mol. The number of benzene rings is 2. The highest BCUT2D eigenvalue weighted by molar-refractivity contribution is 9.10. The van der Waals surface area contributed by atoms with Crippen LogP contribution in [-0.2, 0) is 11.3 Å². The van der Waals surface area contributed by atoms with Crippen molar-refractivity contribution >= 4 is 27.5 Å². The van der Waals surface area contributed by atoms with E-state index in [0.29, 0.717) is 6.54 Å². The molecule has 0 aliphatic heterocycles. The summed E-state index contributed by atoms with van der Waals surface area (Å²) in [7, 11) is 1.63. The molecule has 2 rings (SSSR count).